The van der Waals surface area contributed by atoms with Crippen molar-refractivity contribution in [2.24, 2.45) is 5.92 Å². The molecule has 0 aliphatic carbocycles. The highest BCUT2D eigenvalue weighted by molar-refractivity contribution is 5.74. The number of aliphatic hydroxyl groups excluding tert-OH is 1. The molecule has 1 fully saturated rings. The summed E-state index contributed by atoms with van der Waals surface area (Å²) in [5.41, 5.74) is 1.19. The smallest absolute Gasteiger partial charge is 0.317 e. The SMILES string of the molecule is Cc1ccc(OC(C)CNC(=O)N2CCC(C(C)O)CC2)cc1. The van der Waals surface area contributed by atoms with E-state index in [-0.39, 0.29) is 18.2 Å². The molecule has 5 heteroatoms. The van der Waals surface area contributed by atoms with Crippen molar-refractivity contribution in [2.75, 3.05) is 19.6 Å². The lowest BCUT2D eigenvalue weighted by Crippen LogP contribution is -2.47. The Balaban J connectivity index is 1.70. The highest BCUT2D eigenvalue weighted by Crippen LogP contribution is 2.20. The van der Waals surface area contributed by atoms with Crippen LogP contribution in [-0.2, 0) is 0 Å². The molecule has 1 aliphatic heterocycles. The van der Waals surface area contributed by atoms with E-state index in [4.69, 9.17) is 4.74 Å². The van der Waals surface area contributed by atoms with Gasteiger partial charge in [-0.3, -0.25) is 0 Å². The molecule has 2 atom stereocenters. The maximum absolute atomic E-state index is 12.2. The largest absolute Gasteiger partial charge is 0.489 e. The number of piperidine rings is 1. The highest BCUT2D eigenvalue weighted by Gasteiger charge is 2.25. The Labute approximate surface area is 138 Å². The van der Waals surface area contributed by atoms with Crippen molar-refractivity contribution < 1.29 is 14.6 Å². The normalized spacial score (nSPS) is 18.3. The van der Waals surface area contributed by atoms with E-state index in [1.165, 1.54) is 5.56 Å². The van der Waals surface area contributed by atoms with Crippen LogP contribution in [-0.4, -0.2) is 47.9 Å². The molecular formula is C18H28N2O3. The van der Waals surface area contributed by atoms with E-state index < -0.39 is 0 Å². The summed E-state index contributed by atoms with van der Waals surface area (Å²) in [6, 6.07) is 7.84. The van der Waals surface area contributed by atoms with Gasteiger partial charge in [0.2, 0.25) is 0 Å². The van der Waals surface area contributed by atoms with Crippen LogP contribution in [0.1, 0.15) is 32.3 Å². The number of nitrogens with zero attached hydrogens (tertiary/aromatic N) is 1. The number of urea groups is 1. The van der Waals surface area contributed by atoms with E-state index in [2.05, 4.69) is 5.32 Å². The molecule has 2 unspecified atom stereocenters. The van der Waals surface area contributed by atoms with Crippen molar-refractivity contribution in [2.45, 2.75) is 45.8 Å². The monoisotopic (exact) mass is 320 g/mol. The van der Waals surface area contributed by atoms with Gasteiger partial charge in [-0.15, -0.1) is 0 Å². The Hall–Kier alpha value is -1.75. The van der Waals surface area contributed by atoms with Crippen LogP contribution in [0.15, 0.2) is 24.3 Å². The molecule has 0 aromatic heterocycles. The fourth-order valence-corrected chi connectivity index (χ4v) is 2.82. The minimum atomic E-state index is -0.289. The van der Waals surface area contributed by atoms with Gasteiger partial charge in [-0.2, -0.15) is 0 Å². The second-order valence-corrected chi connectivity index (χ2v) is 6.49. The van der Waals surface area contributed by atoms with E-state index in [1.54, 1.807) is 0 Å². The third-order valence-corrected chi connectivity index (χ3v) is 4.41. The van der Waals surface area contributed by atoms with E-state index in [0.29, 0.717) is 25.6 Å². The molecule has 1 aromatic carbocycles. The molecule has 0 bridgehead atoms. The van der Waals surface area contributed by atoms with Crippen molar-refractivity contribution in [1.29, 1.82) is 0 Å². The predicted octanol–water partition coefficient (Wildman–Crippen LogP) is 2.56. The molecule has 2 rings (SSSR count). The first kappa shape index (κ1) is 17.6. The van der Waals surface area contributed by atoms with Crippen molar-refractivity contribution in [3.8, 4) is 5.75 Å². The van der Waals surface area contributed by atoms with Crippen LogP contribution in [0.2, 0.25) is 0 Å². The number of aliphatic hydroxyl groups is 1. The lowest BCUT2D eigenvalue weighted by Gasteiger charge is -2.33. The van der Waals surface area contributed by atoms with E-state index in [9.17, 15) is 9.90 Å². The van der Waals surface area contributed by atoms with Crippen LogP contribution in [0.3, 0.4) is 0 Å². The number of carbonyl (C=O) groups is 1. The number of hydrogen-bond donors (Lipinski definition) is 2. The lowest BCUT2D eigenvalue weighted by molar-refractivity contribution is 0.0793. The van der Waals surface area contributed by atoms with Gasteiger partial charge in [0, 0.05) is 13.1 Å². The fourth-order valence-electron chi connectivity index (χ4n) is 2.82. The molecule has 2 N–H and O–H groups in total. The van der Waals surface area contributed by atoms with E-state index >= 15 is 0 Å². The molecule has 1 aromatic rings. The number of benzene rings is 1. The molecule has 0 radical (unpaired) electrons. The topological polar surface area (TPSA) is 61.8 Å². The van der Waals surface area contributed by atoms with Gasteiger partial charge >= 0.3 is 6.03 Å². The van der Waals surface area contributed by atoms with Crippen LogP contribution in [0.5, 0.6) is 5.75 Å². The lowest BCUT2D eigenvalue weighted by atomic mass is 9.92. The summed E-state index contributed by atoms with van der Waals surface area (Å²) >= 11 is 0. The van der Waals surface area contributed by atoms with Gasteiger partial charge in [0.05, 0.1) is 12.6 Å². The Kier molecular flexibility index (Phi) is 6.28. The summed E-state index contributed by atoms with van der Waals surface area (Å²) < 4.78 is 5.79. The summed E-state index contributed by atoms with van der Waals surface area (Å²) in [5.74, 6) is 1.12. The molecule has 5 nitrogen and oxygen atoms in total. The van der Waals surface area contributed by atoms with Crippen LogP contribution < -0.4 is 10.1 Å². The second kappa shape index (κ2) is 8.20. The molecule has 1 aliphatic rings. The van der Waals surface area contributed by atoms with Crippen LogP contribution in [0.4, 0.5) is 4.79 Å². The number of hydrogen-bond acceptors (Lipinski definition) is 3. The highest BCUT2D eigenvalue weighted by atomic mass is 16.5. The Bertz CT molecular complexity index is 493. The molecule has 23 heavy (non-hydrogen) atoms. The summed E-state index contributed by atoms with van der Waals surface area (Å²) in [5, 5.41) is 12.5. The number of likely N-dealkylation sites (tertiary alicyclic amines) is 1. The van der Waals surface area contributed by atoms with Crippen molar-refractivity contribution in [3.63, 3.8) is 0 Å². The van der Waals surface area contributed by atoms with Gasteiger partial charge in [0.1, 0.15) is 11.9 Å². The quantitative estimate of drug-likeness (QED) is 0.876. The summed E-state index contributed by atoms with van der Waals surface area (Å²) in [7, 11) is 0. The Morgan fingerprint density at radius 1 is 1.30 bits per heavy atom. The van der Waals surface area contributed by atoms with Gasteiger partial charge in [0.15, 0.2) is 0 Å². The maximum Gasteiger partial charge on any atom is 0.317 e. The van der Waals surface area contributed by atoms with Gasteiger partial charge < -0.3 is 20.1 Å². The van der Waals surface area contributed by atoms with Gasteiger partial charge in [-0.05, 0) is 51.7 Å². The molecule has 1 heterocycles. The third-order valence-electron chi connectivity index (χ3n) is 4.41. The zero-order chi connectivity index (χ0) is 16.8. The van der Waals surface area contributed by atoms with E-state index in [0.717, 1.165) is 18.6 Å². The van der Waals surface area contributed by atoms with Crippen LogP contribution in [0, 0.1) is 12.8 Å². The molecular weight excluding hydrogens is 292 g/mol. The van der Waals surface area contributed by atoms with Crippen molar-refractivity contribution in [1.82, 2.24) is 10.2 Å². The molecule has 128 valence electrons. The molecule has 0 saturated carbocycles. The number of ether oxygens (including phenoxy) is 1. The standard InChI is InChI=1S/C18H28N2O3/c1-13-4-6-17(7-5-13)23-14(2)12-19-18(22)20-10-8-16(9-11-20)15(3)21/h4-7,14-16,21H,8-12H2,1-3H3,(H,19,22). The summed E-state index contributed by atoms with van der Waals surface area (Å²) in [6.45, 7) is 7.69. The minimum absolute atomic E-state index is 0.0478. The molecule has 0 spiro atoms. The number of nitrogens with one attached hydrogen (secondary N) is 1. The zero-order valence-electron chi connectivity index (χ0n) is 14.3. The van der Waals surface area contributed by atoms with Crippen LogP contribution >= 0.6 is 0 Å². The number of aryl methyl sites for hydroxylation is 1. The van der Waals surface area contributed by atoms with Crippen molar-refractivity contribution >= 4 is 6.03 Å². The van der Waals surface area contributed by atoms with Gasteiger partial charge in [-0.25, -0.2) is 4.79 Å². The average molecular weight is 320 g/mol. The Morgan fingerprint density at radius 3 is 2.48 bits per heavy atom. The third kappa shape index (κ3) is 5.43. The van der Waals surface area contributed by atoms with Crippen molar-refractivity contribution in [3.05, 3.63) is 29.8 Å². The zero-order valence-corrected chi connectivity index (χ0v) is 14.3. The minimum Gasteiger partial charge on any atom is -0.489 e. The van der Waals surface area contributed by atoms with Crippen LogP contribution in [0.25, 0.3) is 0 Å². The average Bonchev–Trinajstić information content (AvgIpc) is 2.55. The van der Waals surface area contributed by atoms with Gasteiger partial charge in [0.25, 0.3) is 0 Å². The fraction of sp³-hybridized carbons (Fsp3) is 0.611. The second-order valence-electron chi connectivity index (χ2n) is 6.49. The first-order valence-electron chi connectivity index (χ1n) is 8.40. The number of carbonyl (C=O) groups excluding carboxylic acids is 1. The number of amides is 2. The number of rotatable bonds is 5. The van der Waals surface area contributed by atoms with E-state index in [1.807, 2.05) is 49.9 Å². The maximum atomic E-state index is 12.2. The summed E-state index contributed by atoms with van der Waals surface area (Å²) in [4.78, 5) is 14.0. The first-order valence-corrected chi connectivity index (χ1v) is 8.40. The molecule has 1 saturated heterocycles. The Morgan fingerprint density at radius 2 is 1.91 bits per heavy atom. The summed E-state index contributed by atoms with van der Waals surface area (Å²) in [6.07, 6.45) is 1.35. The first-order chi connectivity index (χ1) is 11.0. The molecule has 2 amide bonds. The predicted molar refractivity (Wildman–Crippen MR) is 90.6 cm³/mol. The van der Waals surface area contributed by atoms with Gasteiger partial charge in [-0.1, -0.05) is 17.7 Å².